The Morgan fingerprint density at radius 3 is 2.36 bits per heavy atom. The van der Waals surface area contributed by atoms with E-state index in [0.29, 0.717) is 17.4 Å². The Morgan fingerprint density at radius 1 is 1.18 bits per heavy atom. The van der Waals surface area contributed by atoms with Crippen LogP contribution in [0.3, 0.4) is 0 Å². The quantitative estimate of drug-likeness (QED) is 0.753. The Hall–Kier alpha value is -2.33. The number of aromatic nitrogens is 1. The van der Waals surface area contributed by atoms with E-state index in [1.54, 1.807) is 11.9 Å². The number of nitrogens with zero attached hydrogens (tertiary/aromatic N) is 3. The highest BCUT2D eigenvalue weighted by atomic mass is 16.2. The van der Waals surface area contributed by atoms with Gasteiger partial charge in [0.2, 0.25) is 11.8 Å². The lowest BCUT2D eigenvalue weighted by atomic mass is 9.95. The van der Waals surface area contributed by atoms with Crippen molar-refractivity contribution in [3.8, 4) is 6.07 Å². The summed E-state index contributed by atoms with van der Waals surface area (Å²) in [6, 6.07) is 2.65. The van der Waals surface area contributed by atoms with E-state index in [1.807, 2.05) is 27.7 Å². The number of hydrogen-bond donors (Lipinski definition) is 2. The molecular formula is C21H33N5O2. The van der Waals surface area contributed by atoms with Gasteiger partial charge in [0, 0.05) is 17.8 Å². The fourth-order valence-electron chi connectivity index (χ4n) is 3.97. The van der Waals surface area contributed by atoms with Crippen LogP contribution in [0.4, 0.5) is 5.82 Å². The lowest BCUT2D eigenvalue weighted by molar-refractivity contribution is -0.123. The molecular weight excluding hydrogens is 354 g/mol. The van der Waals surface area contributed by atoms with E-state index in [2.05, 4.69) is 21.3 Å². The third-order valence-electron chi connectivity index (χ3n) is 5.34. The van der Waals surface area contributed by atoms with Crippen molar-refractivity contribution < 1.29 is 9.59 Å². The van der Waals surface area contributed by atoms with E-state index >= 15 is 0 Å². The SMILES string of the molecule is Cc1c(C#N)c(NC(=O)CN(C)CC(=O)NC(C)C)n(C2CCCCC2)c1C. The molecule has 0 atom stereocenters. The van der Waals surface area contributed by atoms with Crippen LogP contribution in [0, 0.1) is 25.2 Å². The Bertz CT molecular complexity index is 754. The van der Waals surface area contributed by atoms with E-state index < -0.39 is 0 Å². The van der Waals surface area contributed by atoms with Gasteiger partial charge in [-0.2, -0.15) is 5.26 Å². The number of rotatable bonds is 7. The molecule has 2 N–H and O–H groups in total. The van der Waals surface area contributed by atoms with Crippen LogP contribution in [-0.4, -0.2) is 47.5 Å². The minimum absolute atomic E-state index is 0.0673. The number of amides is 2. The zero-order valence-electron chi connectivity index (χ0n) is 17.8. The van der Waals surface area contributed by atoms with E-state index in [4.69, 9.17) is 0 Å². The maximum atomic E-state index is 12.6. The normalized spacial score (nSPS) is 14.9. The van der Waals surface area contributed by atoms with Crippen LogP contribution in [-0.2, 0) is 9.59 Å². The first-order valence-corrected chi connectivity index (χ1v) is 10.1. The lowest BCUT2D eigenvalue weighted by Crippen LogP contribution is -2.41. The topological polar surface area (TPSA) is 90.2 Å². The minimum atomic E-state index is -0.217. The van der Waals surface area contributed by atoms with Crippen LogP contribution >= 0.6 is 0 Å². The Kier molecular flexibility index (Phi) is 7.64. The summed E-state index contributed by atoms with van der Waals surface area (Å²) in [5.74, 6) is 0.278. The fourth-order valence-corrected chi connectivity index (χ4v) is 3.97. The molecule has 0 saturated heterocycles. The Morgan fingerprint density at radius 2 is 1.79 bits per heavy atom. The summed E-state index contributed by atoms with van der Waals surface area (Å²) in [4.78, 5) is 26.2. The molecule has 0 aliphatic heterocycles. The maximum Gasteiger partial charge on any atom is 0.239 e. The molecule has 1 fully saturated rings. The zero-order chi connectivity index (χ0) is 20.8. The Balaban J connectivity index is 2.13. The van der Waals surface area contributed by atoms with Gasteiger partial charge in [0.05, 0.1) is 18.7 Å². The number of carbonyl (C=O) groups is 2. The summed E-state index contributed by atoms with van der Waals surface area (Å²) in [5.41, 5.74) is 2.51. The van der Waals surface area contributed by atoms with Crippen LogP contribution in [0.2, 0.25) is 0 Å². The van der Waals surface area contributed by atoms with Gasteiger partial charge < -0.3 is 15.2 Å². The summed E-state index contributed by atoms with van der Waals surface area (Å²) < 4.78 is 2.15. The molecule has 7 nitrogen and oxygen atoms in total. The third kappa shape index (κ3) is 5.35. The van der Waals surface area contributed by atoms with Gasteiger partial charge in [-0.05, 0) is 53.1 Å². The highest BCUT2D eigenvalue weighted by molar-refractivity contribution is 5.93. The second kappa shape index (κ2) is 9.74. The zero-order valence-corrected chi connectivity index (χ0v) is 17.8. The molecule has 1 aromatic rings. The van der Waals surface area contributed by atoms with E-state index in [0.717, 1.165) is 24.1 Å². The minimum Gasteiger partial charge on any atom is -0.353 e. The molecule has 0 radical (unpaired) electrons. The molecule has 2 amide bonds. The van der Waals surface area contributed by atoms with Gasteiger partial charge in [0.15, 0.2) is 0 Å². The van der Waals surface area contributed by atoms with Crippen molar-refractivity contribution in [3.63, 3.8) is 0 Å². The van der Waals surface area contributed by atoms with Gasteiger partial charge in [0.1, 0.15) is 11.9 Å². The molecule has 2 rings (SSSR count). The number of nitriles is 1. The average Bonchev–Trinajstić information content (AvgIpc) is 2.84. The number of carbonyl (C=O) groups excluding carboxylic acids is 2. The third-order valence-corrected chi connectivity index (χ3v) is 5.34. The molecule has 1 aliphatic rings. The van der Waals surface area contributed by atoms with Gasteiger partial charge in [-0.25, -0.2) is 0 Å². The van der Waals surface area contributed by atoms with Gasteiger partial charge in [-0.1, -0.05) is 19.3 Å². The van der Waals surface area contributed by atoms with E-state index in [-0.39, 0.29) is 30.9 Å². The van der Waals surface area contributed by atoms with Crippen LogP contribution in [0.1, 0.15) is 68.8 Å². The molecule has 1 saturated carbocycles. The largest absolute Gasteiger partial charge is 0.353 e. The van der Waals surface area contributed by atoms with Gasteiger partial charge >= 0.3 is 0 Å². The summed E-state index contributed by atoms with van der Waals surface area (Å²) in [6.07, 6.45) is 5.72. The molecule has 1 aliphatic carbocycles. The number of anilines is 1. The van der Waals surface area contributed by atoms with Crippen molar-refractivity contribution in [3.05, 3.63) is 16.8 Å². The average molecular weight is 388 g/mol. The predicted octanol–water partition coefficient (Wildman–Crippen LogP) is 2.88. The number of nitrogens with one attached hydrogen (secondary N) is 2. The van der Waals surface area contributed by atoms with E-state index in [1.165, 1.54) is 19.3 Å². The standard InChI is InChI=1S/C21H33N5O2/c1-14(2)23-19(27)12-25(5)13-20(28)24-21-18(11-22)15(3)16(4)26(21)17-9-7-6-8-10-17/h14,17H,6-10,12-13H2,1-5H3,(H,23,27)(H,24,28). The van der Waals surface area contributed by atoms with Crippen molar-refractivity contribution in [2.45, 2.75) is 71.9 Å². The molecule has 1 aromatic heterocycles. The van der Waals surface area contributed by atoms with Gasteiger partial charge in [0.25, 0.3) is 0 Å². The fraction of sp³-hybridized carbons (Fsp3) is 0.667. The van der Waals surface area contributed by atoms with Crippen LogP contribution in [0.15, 0.2) is 0 Å². The molecule has 7 heteroatoms. The molecule has 0 bridgehead atoms. The molecule has 154 valence electrons. The second-order valence-corrected chi connectivity index (χ2v) is 8.15. The van der Waals surface area contributed by atoms with Crippen molar-refractivity contribution >= 4 is 17.6 Å². The lowest BCUT2D eigenvalue weighted by Gasteiger charge is -2.27. The first kappa shape index (κ1) is 22.0. The van der Waals surface area contributed by atoms with Crippen LogP contribution in [0.25, 0.3) is 0 Å². The molecule has 0 spiro atoms. The molecule has 28 heavy (non-hydrogen) atoms. The van der Waals surface area contributed by atoms with Crippen molar-refractivity contribution in [2.24, 2.45) is 0 Å². The number of likely N-dealkylation sites (N-methyl/N-ethyl adjacent to an activating group) is 1. The second-order valence-electron chi connectivity index (χ2n) is 8.15. The first-order valence-electron chi connectivity index (χ1n) is 10.1. The van der Waals surface area contributed by atoms with Crippen molar-refractivity contribution in [1.29, 1.82) is 5.26 Å². The van der Waals surface area contributed by atoms with Crippen molar-refractivity contribution in [2.75, 3.05) is 25.5 Å². The predicted molar refractivity (Wildman–Crippen MR) is 110 cm³/mol. The van der Waals surface area contributed by atoms with Gasteiger partial charge in [-0.15, -0.1) is 0 Å². The highest BCUT2D eigenvalue weighted by Gasteiger charge is 2.26. The number of hydrogen-bond acceptors (Lipinski definition) is 4. The maximum absolute atomic E-state index is 12.6. The first-order chi connectivity index (χ1) is 13.2. The summed E-state index contributed by atoms with van der Waals surface area (Å²) >= 11 is 0. The summed E-state index contributed by atoms with van der Waals surface area (Å²) in [7, 11) is 1.74. The van der Waals surface area contributed by atoms with Crippen LogP contribution < -0.4 is 10.6 Å². The molecule has 0 unspecified atom stereocenters. The summed E-state index contributed by atoms with van der Waals surface area (Å²) in [5, 5.41) is 15.4. The Labute approximate surface area is 168 Å². The molecule has 1 heterocycles. The monoisotopic (exact) mass is 387 g/mol. The van der Waals surface area contributed by atoms with E-state index in [9.17, 15) is 14.9 Å². The smallest absolute Gasteiger partial charge is 0.239 e. The van der Waals surface area contributed by atoms with Crippen LogP contribution in [0.5, 0.6) is 0 Å². The van der Waals surface area contributed by atoms with Crippen molar-refractivity contribution in [1.82, 2.24) is 14.8 Å². The highest BCUT2D eigenvalue weighted by Crippen LogP contribution is 2.36. The summed E-state index contributed by atoms with van der Waals surface area (Å²) in [6.45, 7) is 7.99. The molecule has 0 aromatic carbocycles. The van der Waals surface area contributed by atoms with Gasteiger partial charge in [-0.3, -0.25) is 14.5 Å².